The zero-order valence-corrected chi connectivity index (χ0v) is 14.5. The van der Waals surface area contributed by atoms with Crippen LogP contribution in [0.15, 0.2) is 48.5 Å². The molecule has 2 aromatic rings. The predicted molar refractivity (Wildman–Crippen MR) is 95.2 cm³/mol. The van der Waals surface area contributed by atoms with Gasteiger partial charge in [-0.15, -0.1) is 0 Å². The van der Waals surface area contributed by atoms with Gasteiger partial charge in [-0.05, 0) is 35.6 Å². The topological polar surface area (TPSA) is 58.6 Å². The van der Waals surface area contributed by atoms with Crippen molar-refractivity contribution in [2.45, 2.75) is 32.8 Å². The molecular formula is C20H25NO3. The van der Waals surface area contributed by atoms with Gasteiger partial charge in [-0.25, -0.2) is 0 Å². The lowest BCUT2D eigenvalue weighted by atomic mass is 10.00. The van der Waals surface area contributed by atoms with Crippen molar-refractivity contribution in [1.29, 1.82) is 0 Å². The Labute approximate surface area is 143 Å². The third kappa shape index (κ3) is 5.10. The number of carbonyl (C=O) groups is 1. The summed E-state index contributed by atoms with van der Waals surface area (Å²) in [7, 11) is 0. The zero-order chi connectivity index (χ0) is 17.5. The molecule has 24 heavy (non-hydrogen) atoms. The fraction of sp³-hybridized carbons (Fsp3) is 0.350. The average Bonchev–Trinajstić information content (AvgIpc) is 2.59. The van der Waals surface area contributed by atoms with Crippen LogP contribution in [0, 0.1) is 6.92 Å². The predicted octanol–water partition coefficient (Wildman–Crippen LogP) is 3.35. The number of nitrogens with one attached hydrogen (secondary N) is 1. The van der Waals surface area contributed by atoms with Gasteiger partial charge in [0.05, 0.1) is 6.10 Å². The molecule has 1 atom stereocenters. The van der Waals surface area contributed by atoms with Gasteiger partial charge in [0, 0.05) is 6.54 Å². The Morgan fingerprint density at radius 1 is 1.08 bits per heavy atom. The molecular weight excluding hydrogens is 302 g/mol. The van der Waals surface area contributed by atoms with E-state index in [-0.39, 0.29) is 19.1 Å². The summed E-state index contributed by atoms with van der Waals surface area (Å²) in [5.74, 6) is 0.892. The number of aliphatic hydroxyl groups excluding tert-OH is 1. The Balaban J connectivity index is 1.79. The number of aliphatic hydroxyl groups is 1. The summed E-state index contributed by atoms with van der Waals surface area (Å²) in [6.07, 6.45) is -0.728. The molecule has 0 radical (unpaired) electrons. The largest absolute Gasteiger partial charge is 0.484 e. The number of hydrogen-bond acceptors (Lipinski definition) is 3. The van der Waals surface area contributed by atoms with Crippen molar-refractivity contribution < 1.29 is 14.6 Å². The van der Waals surface area contributed by atoms with Gasteiger partial charge in [-0.1, -0.05) is 56.3 Å². The minimum Gasteiger partial charge on any atom is -0.484 e. The molecule has 0 heterocycles. The van der Waals surface area contributed by atoms with Crippen LogP contribution in [0.25, 0.3) is 0 Å². The summed E-state index contributed by atoms with van der Waals surface area (Å²) in [5, 5.41) is 12.9. The fourth-order valence-electron chi connectivity index (χ4n) is 2.34. The maximum Gasteiger partial charge on any atom is 0.258 e. The molecule has 0 spiro atoms. The number of hydrogen-bond donors (Lipinski definition) is 2. The highest BCUT2D eigenvalue weighted by Gasteiger charge is 2.11. The van der Waals surface area contributed by atoms with Crippen molar-refractivity contribution in [3.05, 3.63) is 65.2 Å². The van der Waals surface area contributed by atoms with Crippen molar-refractivity contribution in [3.8, 4) is 5.75 Å². The van der Waals surface area contributed by atoms with Gasteiger partial charge in [0.15, 0.2) is 6.61 Å². The van der Waals surface area contributed by atoms with Gasteiger partial charge in [0.2, 0.25) is 0 Å². The molecule has 2 rings (SSSR count). The fourth-order valence-corrected chi connectivity index (χ4v) is 2.34. The monoisotopic (exact) mass is 327 g/mol. The summed E-state index contributed by atoms with van der Waals surface area (Å²) in [4.78, 5) is 11.9. The summed E-state index contributed by atoms with van der Waals surface area (Å²) in [6.45, 7) is 6.28. The van der Waals surface area contributed by atoms with Crippen LogP contribution in [0.5, 0.6) is 5.75 Å². The van der Waals surface area contributed by atoms with E-state index in [0.717, 1.165) is 11.1 Å². The molecule has 2 N–H and O–H groups in total. The molecule has 0 fully saturated rings. The SMILES string of the molecule is Cc1ccccc1OCC(=O)NCC(O)c1ccc(C(C)C)cc1. The molecule has 4 nitrogen and oxygen atoms in total. The quantitative estimate of drug-likeness (QED) is 0.820. The van der Waals surface area contributed by atoms with E-state index in [2.05, 4.69) is 19.2 Å². The van der Waals surface area contributed by atoms with Crippen LogP contribution in [-0.4, -0.2) is 24.2 Å². The molecule has 4 heteroatoms. The summed E-state index contributed by atoms with van der Waals surface area (Å²) >= 11 is 0. The number of amides is 1. The van der Waals surface area contributed by atoms with Crippen molar-refractivity contribution in [1.82, 2.24) is 5.32 Å². The molecule has 128 valence electrons. The molecule has 0 aromatic heterocycles. The van der Waals surface area contributed by atoms with Crippen LogP contribution in [0.3, 0.4) is 0 Å². The highest BCUT2D eigenvalue weighted by molar-refractivity contribution is 5.77. The molecule has 2 aromatic carbocycles. The molecule has 0 aliphatic rings. The summed E-state index contributed by atoms with van der Waals surface area (Å²) < 4.78 is 5.48. The lowest BCUT2D eigenvalue weighted by Gasteiger charge is -2.14. The maximum absolute atomic E-state index is 11.9. The number of aryl methyl sites for hydroxylation is 1. The number of rotatable bonds is 7. The third-order valence-electron chi connectivity index (χ3n) is 3.93. The lowest BCUT2D eigenvalue weighted by Crippen LogP contribution is -2.32. The van der Waals surface area contributed by atoms with E-state index in [1.165, 1.54) is 5.56 Å². The third-order valence-corrected chi connectivity index (χ3v) is 3.93. The van der Waals surface area contributed by atoms with E-state index in [9.17, 15) is 9.90 Å². The smallest absolute Gasteiger partial charge is 0.258 e. The second-order valence-corrected chi connectivity index (χ2v) is 6.20. The van der Waals surface area contributed by atoms with Gasteiger partial charge in [0.25, 0.3) is 5.91 Å². The van der Waals surface area contributed by atoms with Gasteiger partial charge >= 0.3 is 0 Å². The maximum atomic E-state index is 11.9. The first-order chi connectivity index (χ1) is 11.5. The zero-order valence-electron chi connectivity index (χ0n) is 14.5. The molecule has 0 aliphatic carbocycles. The van der Waals surface area contributed by atoms with E-state index < -0.39 is 6.10 Å². The van der Waals surface area contributed by atoms with Gasteiger partial charge in [0.1, 0.15) is 5.75 Å². The minimum absolute atomic E-state index is 0.0656. The Morgan fingerprint density at radius 3 is 2.33 bits per heavy atom. The molecule has 0 aliphatic heterocycles. The van der Waals surface area contributed by atoms with Crippen LogP contribution < -0.4 is 10.1 Å². The standard InChI is InChI=1S/C20H25NO3/c1-14(2)16-8-10-17(11-9-16)18(22)12-21-20(23)13-24-19-7-5-4-6-15(19)3/h4-11,14,18,22H,12-13H2,1-3H3,(H,21,23). The van der Waals surface area contributed by atoms with Crippen molar-refractivity contribution in [3.63, 3.8) is 0 Å². The first kappa shape index (κ1) is 18.0. The van der Waals surface area contributed by atoms with Gasteiger partial charge in [-0.3, -0.25) is 4.79 Å². The first-order valence-electron chi connectivity index (χ1n) is 8.20. The van der Waals surface area contributed by atoms with E-state index >= 15 is 0 Å². The van der Waals surface area contributed by atoms with E-state index in [1.807, 2.05) is 55.5 Å². The molecule has 1 unspecified atom stereocenters. The van der Waals surface area contributed by atoms with Crippen LogP contribution in [0.4, 0.5) is 0 Å². The summed E-state index contributed by atoms with van der Waals surface area (Å²) in [5.41, 5.74) is 3.00. The molecule has 0 saturated heterocycles. The Kier molecular flexibility index (Phi) is 6.38. The number of carbonyl (C=O) groups excluding carboxylic acids is 1. The van der Waals surface area contributed by atoms with Crippen molar-refractivity contribution in [2.24, 2.45) is 0 Å². The lowest BCUT2D eigenvalue weighted by molar-refractivity contribution is -0.123. The normalized spacial score (nSPS) is 12.0. The molecule has 1 amide bonds. The average molecular weight is 327 g/mol. The van der Waals surface area contributed by atoms with Crippen LogP contribution in [0.1, 0.15) is 42.6 Å². The van der Waals surface area contributed by atoms with E-state index in [1.54, 1.807) is 0 Å². The van der Waals surface area contributed by atoms with Crippen LogP contribution in [-0.2, 0) is 4.79 Å². The number of benzene rings is 2. The van der Waals surface area contributed by atoms with Crippen LogP contribution in [0.2, 0.25) is 0 Å². The second-order valence-electron chi connectivity index (χ2n) is 6.20. The Bertz CT molecular complexity index is 665. The highest BCUT2D eigenvalue weighted by Crippen LogP contribution is 2.18. The van der Waals surface area contributed by atoms with Crippen molar-refractivity contribution in [2.75, 3.05) is 13.2 Å². The molecule has 0 bridgehead atoms. The summed E-state index contributed by atoms with van der Waals surface area (Å²) in [6, 6.07) is 15.4. The first-order valence-corrected chi connectivity index (χ1v) is 8.20. The second kappa shape index (κ2) is 8.50. The molecule has 0 saturated carbocycles. The van der Waals surface area contributed by atoms with Crippen molar-refractivity contribution >= 4 is 5.91 Å². The Hall–Kier alpha value is -2.33. The Morgan fingerprint density at radius 2 is 1.71 bits per heavy atom. The van der Waals surface area contributed by atoms with Crippen LogP contribution >= 0.6 is 0 Å². The van der Waals surface area contributed by atoms with Gasteiger partial charge in [-0.2, -0.15) is 0 Å². The van der Waals surface area contributed by atoms with E-state index in [0.29, 0.717) is 11.7 Å². The van der Waals surface area contributed by atoms with Gasteiger partial charge < -0.3 is 15.2 Å². The minimum atomic E-state index is -0.728. The highest BCUT2D eigenvalue weighted by atomic mass is 16.5. The number of ether oxygens (including phenoxy) is 1. The van der Waals surface area contributed by atoms with E-state index in [4.69, 9.17) is 4.74 Å². The number of para-hydroxylation sites is 1.